The van der Waals surface area contributed by atoms with Gasteiger partial charge in [-0.05, 0) is 44.8 Å². The van der Waals surface area contributed by atoms with E-state index in [2.05, 4.69) is 32.8 Å². The molecule has 14 heavy (non-hydrogen) atoms. The average Bonchev–Trinajstić information content (AvgIpc) is 2.92. The van der Waals surface area contributed by atoms with E-state index in [1.54, 1.807) is 22.7 Å². The lowest BCUT2D eigenvalue weighted by Crippen LogP contribution is -1.71. The third-order valence-electron chi connectivity index (χ3n) is 1.50. The van der Waals surface area contributed by atoms with Crippen LogP contribution in [0.25, 0.3) is 0 Å². The quantitative estimate of drug-likeness (QED) is 0.832. The second kappa shape index (κ2) is 7.17. The van der Waals surface area contributed by atoms with E-state index in [0.717, 1.165) is 10.9 Å². The Hall–Kier alpha value is -0.160. The second-order valence-electron chi connectivity index (χ2n) is 2.55. The van der Waals surface area contributed by atoms with Crippen LogP contribution in [-0.4, -0.2) is 5.11 Å². The molecule has 0 aromatic carbocycles. The summed E-state index contributed by atoms with van der Waals surface area (Å²) in [5, 5.41) is 17.5. The average molecular weight is 291 g/mol. The van der Waals surface area contributed by atoms with Crippen molar-refractivity contribution in [2.75, 3.05) is 0 Å². The fourth-order valence-electron chi connectivity index (χ4n) is 0.751. The highest BCUT2D eigenvalue weighted by Gasteiger charge is 1.84. The van der Waals surface area contributed by atoms with Gasteiger partial charge in [-0.1, -0.05) is 15.9 Å². The Kier molecular flexibility index (Phi) is 6.10. The van der Waals surface area contributed by atoms with Gasteiger partial charge in [-0.2, -0.15) is 22.7 Å². The van der Waals surface area contributed by atoms with Crippen LogP contribution < -0.4 is 0 Å². The first kappa shape index (κ1) is 11.9. The van der Waals surface area contributed by atoms with Crippen LogP contribution in [0.5, 0.6) is 0 Å². The number of rotatable bonds is 2. The molecule has 4 heteroatoms. The lowest BCUT2D eigenvalue weighted by molar-refractivity contribution is 0.282. The molecule has 0 atom stereocenters. The first-order chi connectivity index (χ1) is 6.86. The molecule has 0 amide bonds. The van der Waals surface area contributed by atoms with Gasteiger partial charge < -0.3 is 5.11 Å². The predicted molar refractivity (Wildman–Crippen MR) is 67.2 cm³/mol. The summed E-state index contributed by atoms with van der Waals surface area (Å²) in [5.74, 6) is 0. The van der Waals surface area contributed by atoms with Crippen LogP contribution in [0.3, 0.4) is 0 Å². The van der Waals surface area contributed by atoms with Crippen molar-refractivity contribution in [1.29, 1.82) is 0 Å². The molecule has 2 aromatic heterocycles. The minimum Gasteiger partial charge on any atom is -0.392 e. The van der Waals surface area contributed by atoms with Crippen molar-refractivity contribution in [2.24, 2.45) is 0 Å². The maximum atomic E-state index is 8.43. The summed E-state index contributed by atoms with van der Waals surface area (Å²) in [4.78, 5) is 0. The van der Waals surface area contributed by atoms with Gasteiger partial charge in [0.25, 0.3) is 0 Å². The molecule has 76 valence electrons. The van der Waals surface area contributed by atoms with Gasteiger partial charge in [0, 0.05) is 5.33 Å². The van der Waals surface area contributed by atoms with E-state index in [0.29, 0.717) is 0 Å². The maximum absolute atomic E-state index is 8.43. The molecule has 0 aliphatic heterocycles. The van der Waals surface area contributed by atoms with Crippen LogP contribution in [0.15, 0.2) is 33.7 Å². The zero-order valence-electron chi connectivity index (χ0n) is 7.52. The van der Waals surface area contributed by atoms with Crippen LogP contribution >= 0.6 is 38.6 Å². The molecule has 0 aliphatic rings. The van der Waals surface area contributed by atoms with Gasteiger partial charge in [0.2, 0.25) is 0 Å². The number of alkyl halides is 1. The van der Waals surface area contributed by atoms with Crippen LogP contribution in [0.4, 0.5) is 0 Å². The Balaban J connectivity index is 0.000000140. The minimum absolute atomic E-state index is 0.170. The first-order valence-electron chi connectivity index (χ1n) is 4.05. The van der Waals surface area contributed by atoms with Crippen LogP contribution in [0, 0.1) is 0 Å². The molecule has 0 unspecified atom stereocenters. The summed E-state index contributed by atoms with van der Waals surface area (Å²) < 4.78 is 0. The second-order valence-corrected chi connectivity index (χ2v) is 4.68. The van der Waals surface area contributed by atoms with Crippen molar-refractivity contribution in [3.8, 4) is 0 Å². The highest BCUT2D eigenvalue weighted by atomic mass is 79.9. The molecule has 0 spiro atoms. The number of hydrogen-bond donors (Lipinski definition) is 1. The number of thiophene rings is 2. The smallest absolute Gasteiger partial charge is 0.0689 e. The van der Waals surface area contributed by atoms with E-state index < -0.39 is 0 Å². The Morgan fingerprint density at radius 3 is 1.86 bits per heavy atom. The zero-order chi connectivity index (χ0) is 10.2. The molecular weight excluding hydrogens is 280 g/mol. The fraction of sp³-hybridized carbons (Fsp3) is 0.200. The van der Waals surface area contributed by atoms with Crippen molar-refractivity contribution in [2.45, 2.75) is 11.9 Å². The third kappa shape index (κ3) is 4.37. The van der Waals surface area contributed by atoms with E-state index in [-0.39, 0.29) is 6.61 Å². The van der Waals surface area contributed by atoms with Crippen LogP contribution in [0.2, 0.25) is 0 Å². The van der Waals surface area contributed by atoms with Gasteiger partial charge in [0.15, 0.2) is 0 Å². The Bertz CT molecular complexity index is 282. The van der Waals surface area contributed by atoms with Crippen LogP contribution in [-0.2, 0) is 11.9 Å². The topological polar surface area (TPSA) is 20.2 Å². The van der Waals surface area contributed by atoms with E-state index in [1.165, 1.54) is 5.56 Å². The lowest BCUT2D eigenvalue weighted by Gasteiger charge is -1.78. The maximum Gasteiger partial charge on any atom is 0.0689 e. The minimum atomic E-state index is 0.170. The number of aliphatic hydroxyl groups excluding tert-OH is 1. The van der Waals surface area contributed by atoms with Gasteiger partial charge in [-0.3, -0.25) is 0 Å². The number of aliphatic hydroxyl groups is 1. The molecule has 0 radical (unpaired) electrons. The molecule has 2 aromatic rings. The van der Waals surface area contributed by atoms with E-state index in [1.807, 2.05) is 16.8 Å². The largest absolute Gasteiger partial charge is 0.392 e. The Labute approximate surface area is 100 Å². The van der Waals surface area contributed by atoms with Crippen molar-refractivity contribution >= 4 is 38.6 Å². The monoisotopic (exact) mass is 290 g/mol. The normalized spacial score (nSPS) is 9.29. The number of halogens is 1. The summed E-state index contributed by atoms with van der Waals surface area (Å²) in [6.45, 7) is 0.170. The van der Waals surface area contributed by atoms with E-state index in [9.17, 15) is 0 Å². The summed E-state index contributed by atoms with van der Waals surface area (Å²) in [7, 11) is 0. The summed E-state index contributed by atoms with van der Waals surface area (Å²) >= 11 is 6.68. The lowest BCUT2D eigenvalue weighted by atomic mass is 10.4. The van der Waals surface area contributed by atoms with Gasteiger partial charge in [-0.25, -0.2) is 0 Å². The zero-order valence-corrected chi connectivity index (χ0v) is 10.7. The van der Waals surface area contributed by atoms with Gasteiger partial charge in [0.05, 0.1) is 6.61 Å². The summed E-state index contributed by atoms with van der Waals surface area (Å²) in [5.41, 5.74) is 2.37. The Morgan fingerprint density at radius 2 is 1.64 bits per heavy atom. The molecule has 0 fully saturated rings. The van der Waals surface area contributed by atoms with E-state index >= 15 is 0 Å². The van der Waals surface area contributed by atoms with Crippen molar-refractivity contribution in [3.05, 3.63) is 44.8 Å². The predicted octanol–water partition coefficient (Wildman–Crippen LogP) is 3.88. The molecule has 2 heterocycles. The van der Waals surface area contributed by atoms with Crippen molar-refractivity contribution in [1.82, 2.24) is 0 Å². The standard InChI is InChI=1S/C5H5BrS.C5H6OS/c2*6-3-5-1-2-7-4-5/h1-2,4H,3H2;1-2,4,6H,3H2. The van der Waals surface area contributed by atoms with Crippen molar-refractivity contribution in [3.63, 3.8) is 0 Å². The molecule has 1 N–H and O–H groups in total. The molecule has 0 aliphatic carbocycles. The van der Waals surface area contributed by atoms with E-state index in [4.69, 9.17) is 5.11 Å². The number of hydrogen-bond acceptors (Lipinski definition) is 3. The molecular formula is C10H11BrOS2. The summed E-state index contributed by atoms with van der Waals surface area (Å²) in [6, 6.07) is 4.02. The third-order valence-corrected chi connectivity index (χ3v) is 3.61. The van der Waals surface area contributed by atoms with Gasteiger partial charge in [-0.15, -0.1) is 0 Å². The van der Waals surface area contributed by atoms with Crippen molar-refractivity contribution < 1.29 is 5.11 Å². The van der Waals surface area contributed by atoms with Gasteiger partial charge >= 0.3 is 0 Å². The molecule has 0 saturated carbocycles. The fourth-order valence-corrected chi connectivity index (χ4v) is 2.64. The molecule has 0 saturated heterocycles. The first-order valence-corrected chi connectivity index (χ1v) is 7.06. The highest BCUT2D eigenvalue weighted by molar-refractivity contribution is 9.08. The molecule has 1 nitrogen and oxygen atoms in total. The highest BCUT2D eigenvalue weighted by Crippen LogP contribution is 2.08. The molecule has 2 rings (SSSR count). The SMILES string of the molecule is BrCc1ccsc1.OCc1ccsc1. The van der Waals surface area contributed by atoms with Crippen LogP contribution in [0.1, 0.15) is 11.1 Å². The Morgan fingerprint density at radius 1 is 1.07 bits per heavy atom. The summed E-state index contributed by atoms with van der Waals surface area (Å²) in [6.07, 6.45) is 0. The molecule has 0 bridgehead atoms. The van der Waals surface area contributed by atoms with Gasteiger partial charge in [0.1, 0.15) is 0 Å².